The Morgan fingerprint density at radius 1 is 1.18 bits per heavy atom. The molecule has 1 aromatic heterocycles. The average molecular weight is 287 g/mol. The lowest BCUT2D eigenvalue weighted by atomic mass is 10.3. The Hall–Kier alpha value is -0.790. The van der Waals surface area contributed by atoms with E-state index in [0.29, 0.717) is 10.0 Å². The fourth-order valence-corrected chi connectivity index (χ4v) is 3.75. The van der Waals surface area contributed by atoms with Gasteiger partial charge in [0.1, 0.15) is 5.82 Å². The summed E-state index contributed by atoms with van der Waals surface area (Å²) in [5, 5.41) is 8.11. The van der Waals surface area contributed by atoms with Crippen LogP contribution in [-0.2, 0) is 0 Å². The van der Waals surface area contributed by atoms with Crippen LogP contribution in [0.4, 0.5) is 9.52 Å². The largest absolute Gasteiger partial charge is 0.374 e. The van der Waals surface area contributed by atoms with E-state index in [-0.39, 0.29) is 5.82 Å². The third-order valence-corrected chi connectivity index (χ3v) is 5.02. The van der Waals surface area contributed by atoms with Crippen molar-refractivity contribution in [2.24, 2.45) is 0 Å². The van der Waals surface area contributed by atoms with Crippen molar-refractivity contribution in [2.75, 3.05) is 17.2 Å². The average Bonchev–Trinajstić information content (AvgIpc) is 2.73. The van der Waals surface area contributed by atoms with Crippen molar-refractivity contribution in [3.63, 3.8) is 0 Å². The van der Waals surface area contributed by atoms with Gasteiger partial charge in [-0.25, -0.2) is 4.39 Å². The summed E-state index contributed by atoms with van der Waals surface area (Å²) in [6.07, 6.45) is 0. The predicted molar refractivity (Wildman–Crippen MR) is 72.2 cm³/mol. The molecule has 2 rings (SSSR count). The summed E-state index contributed by atoms with van der Waals surface area (Å²) in [6, 6.07) is 6.79. The topological polar surface area (TPSA) is 51.8 Å². The molecule has 7 heteroatoms. The molecule has 0 saturated carbocycles. The standard InChI is InChI=1S/C10H10FN3S3/c11-7-3-1-2-4-8(7)15-5-6-16-10-14-13-9(12)17-10/h1-4H,5-6H2,(H2,12,13). The maximum absolute atomic E-state index is 13.3. The first-order chi connectivity index (χ1) is 8.25. The molecule has 17 heavy (non-hydrogen) atoms. The number of anilines is 1. The smallest absolute Gasteiger partial charge is 0.203 e. The molecule has 0 amide bonds. The Balaban J connectivity index is 1.75. The number of nitrogen functional groups attached to an aromatic ring is 1. The van der Waals surface area contributed by atoms with E-state index in [1.54, 1.807) is 23.9 Å². The Morgan fingerprint density at radius 3 is 2.65 bits per heavy atom. The van der Waals surface area contributed by atoms with Gasteiger partial charge in [-0.3, -0.25) is 0 Å². The quantitative estimate of drug-likeness (QED) is 0.676. The molecule has 1 heterocycles. The van der Waals surface area contributed by atoms with Crippen molar-refractivity contribution in [1.82, 2.24) is 10.2 Å². The van der Waals surface area contributed by atoms with Crippen molar-refractivity contribution in [3.8, 4) is 0 Å². The molecule has 0 bridgehead atoms. The van der Waals surface area contributed by atoms with Gasteiger partial charge < -0.3 is 5.73 Å². The molecule has 0 aliphatic rings. The minimum atomic E-state index is -0.164. The molecule has 0 fully saturated rings. The number of halogens is 1. The number of nitrogens with two attached hydrogens (primary N) is 1. The zero-order valence-corrected chi connectivity index (χ0v) is 11.2. The van der Waals surface area contributed by atoms with E-state index in [4.69, 9.17) is 5.73 Å². The van der Waals surface area contributed by atoms with Crippen LogP contribution in [-0.4, -0.2) is 21.7 Å². The molecule has 2 N–H and O–H groups in total. The minimum Gasteiger partial charge on any atom is -0.374 e. The maximum atomic E-state index is 13.3. The highest BCUT2D eigenvalue weighted by atomic mass is 32.2. The van der Waals surface area contributed by atoms with Gasteiger partial charge in [0.2, 0.25) is 5.13 Å². The molecule has 0 spiro atoms. The van der Waals surface area contributed by atoms with Gasteiger partial charge in [0.05, 0.1) is 0 Å². The number of nitrogens with zero attached hydrogens (tertiary/aromatic N) is 2. The van der Waals surface area contributed by atoms with Crippen molar-refractivity contribution in [1.29, 1.82) is 0 Å². The third kappa shape index (κ3) is 3.86. The molecule has 0 aliphatic carbocycles. The van der Waals surface area contributed by atoms with Crippen LogP contribution >= 0.6 is 34.9 Å². The van der Waals surface area contributed by atoms with E-state index in [1.165, 1.54) is 29.2 Å². The highest BCUT2D eigenvalue weighted by molar-refractivity contribution is 8.03. The Kier molecular flexibility index (Phi) is 4.64. The van der Waals surface area contributed by atoms with Crippen LogP contribution in [0.2, 0.25) is 0 Å². The number of benzene rings is 1. The van der Waals surface area contributed by atoms with Gasteiger partial charge >= 0.3 is 0 Å². The summed E-state index contributed by atoms with van der Waals surface area (Å²) in [4.78, 5) is 0.685. The van der Waals surface area contributed by atoms with Crippen LogP contribution in [0.3, 0.4) is 0 Å². The highest BCUT2D eigenvalue weighted by Crippen LogP contribution is 2.26. The molecule has 3 nitrogen and oxygen atoms in total. The summed E-state index contributed by atoms with van der Waals surface area (Å²) in [5.74, 6) is 1.52. The van der Waals surface area contributed by atoms with Crippen LogP contribution in [0, 0.1) is 5.82 Å². The molecule has 0 radical (unpaired) electrons. The second-order valence-corrected chi connectivity index (χ2v) is 6.52. The van der Waals surface area contributed by atoms with E-state index >= 15 is 0 Å². The molecule has 0 atom stereocenters. The lowest BCUT2D eigenvalue weighted by molar-refractivity contribution is 0.602. The number of aromatic nitrogens is 2. The van der Waals surface area contributed by atoms with Crippen LogP contribution in [0.5, 0.6) is 0 Å². The predicted octanol–water partition coefficient (Wildman–Crippen LogP) is 3.14. The van der Waals surface area contributed by atoms with Crippen molar-refractivity contribution in [3.05, 3.63) is 30.1 Å². The van der Waals surface area contributed by atoms with Crippen LogP contribution in [0.1, 0.15) is 0 Å². The van der Waals surface area contributed by atoms with E-state index in [2.05, 4.69) is 10.2 Å². The molecule has 2 aromatic rings. The number of hydrogen-bond acceptors (Lipinski definition) is 6. The summed E-state index contributed by atoms with van der Waals surface area (Å²) in [6.45, 7) is 0. The maximum Gasteiger partial charge on any atom is 0.203 e. The molecule has 0 aliphatic heterocycles. The number of rotatable bonds is 5. The van der Waals surface area contributed by atoms with E-state index in [0.717, 1.165) is 15.8 Å². The molecule has 0 saturated heterocycles. The Morgan fingerprint density at radius 2 is 1.94 bits per heavy atom. The SMILES string of the molecule is Nc1nnc(SCCSc2ccccc2F)s1. The van der Waals surface area contributed by atoms with Gasteiger partial charge in [-0.2, -0.15) is 0 Å². The summed E-state index contributed by atoms with van der Waals surface area (Å²) in [7, 11) is 0. The zero-order chi connectivity index (χ0) is 12.1. The lowest BCUT2D eigenvalue weighted by Crippen LogP contribution is -1.86. The molecular weight excluding hydrogens is 277 g/mol. The third-order valence-electron chi connectivity index (χ3n) is 1.83. The van der Waals surface area contributed by atoms with Crippen LogP contribution < -0.4 is 5.73 Å². The van der Waals surface area contributed by atoms with Crippen molar-refractivity contribution < 1.29 is 4.39 Å². The number of hydrogen-bond donors (Lipinski definition) is 1. The van der Waals surface area contributed by atoms with Gasteiger partial charge in [0.15, 0.2) is 4.34 Å². The second kappa shape index (κ2) is 6.23. The Labute approximate surface area is 111 Å². The second-order valence-electron chi connectivity index (χ2n) is 3.03. The summed E-state index contributed by atoms with van der Waals surface area (Å²) >= 11 is 4.46. The zero-order valence-electron chi connectivity index (χ0n) is 8.80. The fourth-order valence-electron chi connectivity index (χ4n) is 1.12. The fraction of sp³-hybridized carbons (Fsp3) is 0.200. The molecular formula is C10H10FN3S3. The first-order valence-corrected chi connectivity index (χ1v) is 7.63. The molecule has 0 unspecified atom stereocenters. The minimum absolute atomic E-state index is 0.164. The highest BCUT2D eigenvalue weighted by Gasteiger charge is 2.03. The summed E-state index contributed by atoms with van der Waals surface area (Å²) < 4.78 is 14.1. The lowest BCUT2D eigenvalue weighted by Gasteiger charge is -2.01. The van der Waals surface area contributed by atoms with E-state index < -0.39 is 0 Å². The van der Waals surface area contributed by atoms with Gasteiger partial charge in [0.25, 0.3) is 0 Å². The van der Waals surface area contributed by atoms with E-state index in [1.807, 2.05) is 6.07 Å². The Bertz CT molecular complexity index is 489. The van der Waals surface area contributed by atoms with Crippen LogP contribution in [0.25, 0.3) is 0 Å². The number of thioether (sulfide) groups is 2. The first kappa shape index (κ1) is 12.7. The van der Waals surface area contributed by atoms with Crippen LogP contribution in [0.15, 0.2) is 33.5 Å². The van der Waals surface area contributed by atoms with Gasteiger partial charge in [-0.15, -0.1) is 22.0 Å². The summed E-state index contributed by atoms with van der Waals surface area (Å²) in [5.41, 5.74) is 5.47. The molecule has 90 valence electrons. The van der Waals surface area contributed by atoms with Gasteiger partial charge in [0, 0.05) is 16.4 Å². The van der Waals surface area contributed by atoms with Gasteiger partial charge in [-0.05, 0) is 12.1 Å². The van der Waals surface area contributed by atoms with E-state index in [9.17, 15) is 4.39 Å². The van der Waals surface area contributed by atoms with Crippen molar-refractivity contribution in [2.45, 2.75) is 9.24 Å². The van der Waals surface area contributed by atoms with Crippen molar-refractivity contribution >= 4 is 40.0 Å². The monoisotopic (exact) mass is 287 g/mol. The first-order valence-electron chi connectivity index (χ1n) is 4.85. The molecule has 1 aromatic carbocycles. The van der Waals surface area contributed by atoms with Gasteiger partial charge in [-0.1, -0.05) is 35.2 Å². The normalized spacial score (nSPS) is 10.6.